The molecule has 0 saturated heterocycles. The first-order chi connectivity index (χ1) is 8.67. The highest BCUT2D eigenvalue weighted by molar-refractivity contribution is 5.18. The first-order valence-corrected chi connectivity index (χ1v) is 5.84. The van der Waals surface area contributed by atoms with E-state index in [-0.39, 0.29) is 0 Å². The predicted octanol–water partition coefficient (Wildman–Crippen LogP) is 2.32. The summed E-state index contributed by atoms with van der Waals surface area (Å²) in [4.78, 5) is 0. The fourth-order valence-electron chi connectivity index (χ4n) is 1.74. The molecular formula is C13H15F2N3. The van der Waals surface area contributed by atoms with Crippen LogP contribution in [0.25, 0.3) is 0 Å². The molecule has 0 saturated carbocycles. The molecule has 0 fully saturated rings. The molecule has 5 heteroatoms. The SMILES string of the molecule is CCNCc1cnn(Cc2cc(F)cc(F)c2)c1. The van der Waals surface area contributed by atoms with Gasteiger partial charge in [-0.2, -0.15) is 5.10 Å². The van der Waals surface area contributed by atoms with E-state index in [1.165, 1.54) is 12.1 Å². The highest BCUT2D eigenvalue weighted by Crippen LogP contribution is 2.09. The average molecular weight is 251 g/mol. The van der Waals surface area contributed by atoms with Gasteiger partial charge >= 0.3 is 0 Å². The fraction of sp³-hybridized carbons (Fsp3) is 0.308. The van der Waals surface area contributed by atoms with Gasteiger partial charge < -0.3 is 5.32 Å². The molecule has 96 valence electrons. The number of halogens is 2. The van der Waals surface area contributed by atoms with Crippen molar-refractivity contribution in [2.45, 2.75) is 20.0 Å². The maximum atomic E-state index is 13.0. The first kappa shape index (κ1) is 12.7. The van der Waals surface area contributed by atoms with Crippen LogP contribution >= 0.6 is 0 Å². The van der Waals surface area contributed by atoms with Crippen molar-refractivity contribution in [3.8, 4) is 0 Å². The van der Waals surface area contributed by atoms with Crippen LogP contribution in [0.15, 0.2) is 30.6 Å². The van der Waals surface area contributed by atoms with Gasteiger partial charge in [0.05, 0.1) is 12.7 Å². The summed E-state index contributed by atoms with van der Waals surface area (Å²) < 4.78 is 27.7. The van der Waals surface area contributed by atoms with Crippen LogP contribution in [0.3, 0.4) is 0 Å². The lowest BCUT2D eigenvalue weighted by Gasteiger charge is -2.02. The quantitative estimate of drug-likeness (QED) is 0.883. The Hall–Kier alpha value is -1.75. The van der Waals surface area contributed by atoms with Crippen molar-refractivity contribution < 1.29 is 8.78 Å². The standard InChI is InChI=1S/C13H15F2N3/c1-2-16-6-11-7-17-18(9-11)8-10-3-12(14)5-13(15)4-10/h3-5,7,9,16H,2,6,8H2,1H3. The molecule has 0 aliphatic carbocycles. The van der Waals surface area contributed by atoms with Crippen LogP contribution in [-0.2, 0) is 13.1 Å². The second kappa shape index (κ2) is 5.73. The molecule has 0 unspecified atom stereocenters. The van der Waals surface area contributed by atoms with E-state index in [4.69, 9.17) is 0 Å². The van der Waals surface area contributed by atoms with Gasteiger partial charge in [0.2, 0.25) is 0 Å². The van der Waals surface area contributed by atoms with Crippen LogP contribution in [0, 0.1) is 11.6 Å². The monoisotopic (exact) mass is 251 g/mol. The zero-order valence-electron chi connectivity index (χ0n) is 10.2. The molecule has 0 amide bonds. The third-order valence-corrected chi connectivity index (χ3v) is 2.53. The normalized spacial score (nSPS) is 10.8. The van der Waals surface area contributed by atoms with Gasteiger partial charge in [0.1, 0.15) is 11.6 Å². The number of rotatable bonds is 5. The lowest BCUT2D eigenvalue weighted by molar-refractivity contribution is 0.574. The Morgan fingerprint density at radius 1 is 1.17 bits per heavy atom. The summed E-state index contributed by atoms with van der Waals surface area (Å²) in [6.07, 6.45) is 3.61. The van der Waals surface area contributed by atoms with Gasteiger partial charge in [-0.25, -0.2) is 8.78 Å². The summed E-state index contributed by atoms with van der Waals surface area (Å²) in [6, 6.07) is 3.49. The Bertz CT molecular complexity index is 502. The topological polar surface area (TPSA) is 29.9 Å². The summed E-state index contributed by atoms with van der Waals surface area (Å²) in [7, 11) is 0. The second-order valence-electron chi connectivity index (χ2n) is 4.10. The molecule has 18 heavy (non-hydrogen) atoms. The largest absolute Gasteiger partial charge is 0.313 e. The van der Waals surface area contributed by atoms with Crippen molar-refractivity contribution in [1.29, 1.82) is 0 Å². The fourth-order valence-corrected chi connectivity index (χ4v) is 1.74. The Kier molecular flexibility index (Phi) is 4.04. The van der Waals surface area contributed by atoms with Gasteiger partial charge in [-0.05, 0) is 24.2 Å². The molecular weight excluding hydrogens is 236 g/mol. The van der Waals surface area contributed by atoms with E-state index >= 15 is 0 Å². The van der Waals surface area contributed by atoms with Crippen LogP contribution < -0.4 is 5.32 Å². The van der Waals surface area contributed by atoms with Crippen LogP contribution in [0.1, 0.15) is 18.1 Å². The van der Waals surface area contributed by atoms with E-state index in [1.807, 2.05) is 13.1 Å². The number of benzene rings is 1. The van der Waals surface area contributed by atoms with E-state index in [2.05, 4.69) is 10.4 Å². The van der Waals surface area contributed by atoms with Gasteiger partial charge in [0, 0.05) is 24.4 Å². The van der Waals surface area contributed by atoms with E-state index < -0.39 is 11.6 Å². The average Bonchev–Trinajstić information content (AvgIpc) is 2.72. The smallest absolute Gasteiger partial charge is 0.126 e. The minimum Gasteiger partial charge on any atom is -0.313 e. The summed E-state index contributed by atoms with van der Waals surface area (Å²) >= 11 is 0. The van der Waals surface area contributed by atoms with Crippen LogP contribution in [-0.4, -0.2) is 16.3 Å². The number of hydrogen-bond donors (Lipinski definition) is 1. The van der Waals surface area contributed by atoms with Gasteiger partial charge in [-0.15, -0.1) is 0 Å². The van der Waals surface area contributed by atoms with Crippen molar-refractivity contribution in [3.05, 3.63) is 53.4 Å². The van der Waals surface area contributed by atoms with Gasteiger partial charge in [-0.3, -0.25) is 4.68 Å². The Balaban J connectivity index is 2.06. The third kappa shape index (κ3) is 3.37. The lowest BCUT2D eigenvalue weighted by Crippen LogP contribution is -2.11. The van der Waals surface area contributed by atoms with E-state index in [9.17, 15) is 8.78 Å². The van der Waals surface area contributed by atoms with Gasteiger partial charge in [0.15, 0.2) is 0 Å². The summed E-state index contributed by atoms with van der Waals surface area (Å²) in [5.41, 5.74) is 1.61. The van der Waals surface area contributed by atoms with Crippen LogP contribution in [0.4, 0.5) is 8.78 Å². The molecule has 1 aromatic carbocycles. The molecule has 0 radical (unpaired) electrons. The molecule has 2 rings (SSSR count). The Morgan fingerprint density at radius 2 is 1.89 bits per heavy atom. The van der Waals surface area contributed by atoms with Gasteiger partial charge in [0.25, 0.3) is 0 Å². The maximum absolute atomic E-state index is 13.0. The maximum Gasteiger partial charge on any atom is 0.126 e. The minimum atomic E-state index is -0.565. The highest BCUT2D eigenvalue weighted by Gasteiger charge is 2.03. The predicted molar refractivity (Wildman–Crippen MR) is 65.1 cm³/mol. The number of hydrogen-bond acceptors (Lipinski definition) is 2. The Labute approximate surface area is 104 Å². The number of nitrogens with one attached hydrogen (secondary N) is 1. The molecule has 1 N–H and O–H groups in total. The molecule has 1 heterocycles. The van der Waals surface area contributed by atoms with Crippen LogP contribution in [0.5, 0.6) is 0 Å². The number of nitrogens with zero attached hydrogens (tertiary/aromatic N) is 2. The van der Waals surface area contributed by atoms with Crippen molar-refractivity contribution in [2.75, 3.05) is 6.54 Å². The Morgan fingerprint density at radius 3 is 2.56 bits per heavy atom. The van der Waals surface area contributed by atoms with E-state index in [0.717, 1.165) is 24.7 Å². The molecule has 0 aliphatic heterocycles. The zero-order chi connectivity index (χ0) is 13.0. The minimum absolute atomic E-state index is 0.362. The zero-order valence-corrected chi connectivity index (χ0v) is 10.2. The highest BCUT2D eigenvalue weighted by atomic mass is 19.1. The third-order valence-electron chi connectivity index (χ3n) is 2.53. The molecule has 0 spiro atoms. The number of aromatic nitrogens is 2. The van der Waals surface area contributed by atoms with Crippen molar-refractivity contribution in [2.24, 2.45) is 0 Å². The molecule has 0 atom stereocenters. The molecule has 1 aromatic heterocycles. The molecule has 2 aromatic rings. The van der Waals surface area contributed by atoms with E-state index in [1.54, 1.807) is 10.9 Å². The summed E-state index contributed by atoms with van der Waals surface area (Å²) in [5, 5.41) is 7.34. The van der Waals surface area contributed by atoms with Crippen LogP contribution in [0.2, 0.25) is 0 Å². The molecule has 0 bridgehead atoms. The van der Waals surface area contributed by atoms with Crippen molar-refractivity contribution >= 4 is 0 Å². The first-order valence-electron chi connectivity index (χ1n) is 5.84. The molecule has 0 aliphatic rings. The van der Waals surface area contributed by atoms with Gasteiger partial charge in [-0.1, -0.05) is 6.92 Å². The van der Waals surface area contributed by atoms with Crippen molar-refractivity contribution in [1.82, 2.24) is 15.1 Å². The second-order valence-corrected chi connectivity index (χ2v) is 4.10. The summed E-state index contributed by atoms with van der Waals surface area (Å²) in [5.74, 6) is -1.13. The lowest BCUT2D eigenvalue weighted by atomic mass is 10.2. The van der Waals surface area contributed by atoms with E-state index in [0.29, 0.717) is 12.1 Å². The van der Waals surface area contributed by atoms with Crippen molar-refractivity contribution in [3.63, 3.8) is 0 Å². The summed E-state index contributed by atoms with van der Waals surface area (Å²) in [6.45, 7) is 4.02. The molecule has 3 nitrogen and oxygen atoms in total.